The van der Waals surface area contributed by atoms with Crippen LogP contribution in [-0.2, 0) is 11.2 Å². The number of rotatable bonds is 4. The van der Waals surface area contributed by atoms with E-state index < -0.39 is 0 Å². The molecule has 9 heteroatoms. The minimum atomic E-state index is 0. The van der Waals surface area contributed by atoms with E-state index in [0.29, 0.717) is 12.3 Å². The van der Waals surface area contributed by atoms with Gasteiger partial charge < -0.3 is 10.6 Å². The zero-order valence-electron chi connectivity index (χ0n) is 13.8. The van der Waals surface area contributed by atoms with E-state index in [0.717, 1.165) is 45.8 Å². The molecule has 2 aromatic rings. The van der Waals surface area contributed by atoms with Crippen molar-refractivity contribution in [3.05, 3.63) is 27.5 Å². The van der Waals surface area contributed by atoms with Crippen LogP contribution in [0.1, 0.15) is 25.5 Å². The standard InChI is InChI=1S/C16H20ClN3OS2.2ClH/c1-10(18)11-3-2-6-20(8-11)15(21)7-12-9-22-16(19-12)13-4-5-14(17)23-13;;/h4-5,9-11H,2-3,6-8,18H2,1H3;2*1H. The maximum atomic E-state index is 12.5. The fourth-order valence-electron chi connectivity index (χ4n) is 2.86. The zero-order valence-corrected chi connectivity index (χ0v) is 17.8. The van der Waals surface area contributed by atoms with Crippen LogP contribution in [-0.4, -0.2) is 34.9 Å². The van der Waals surface area contributed by atoms with Gasteiger partial charge in [-0.25, -0.2) is 4.98 Å². The fraction of sp³-hybridized carbons (Fsp3) is 0.500. The lowest BCUT2D eigenvalue weighted by Crippen LogP contribution is -2.45. The van der Waals surface area contributed by atoms with Gasteiger partial charge in [-0.3, -0.25) is 4.79 Å². The Bertz CT molecular complexity index is 690. The topological polar surface area (TPSA) is 59.2 Å². The van der Waals surface area contributed by atoms with Gasteiger partial charge in [0.25, 0.3) is 0 Å². The van der Waals surface area contributed by atoms with E-state index in [4.69, 9.17) is 17.3 Å². The highest BCUT2D eigenvalue weighted by molar-refractivity contribution is 7.23. The van der Waals surface area contributed by atoms with Gasteiger partial charge >= 0.3 is 0 Å². The van der Waals surface area contributed by atoms with Gasteiger partial charge in [0.2, 0.25) is 5.91 Å². The quantitative estimate of drug-likeness (QED) is 0.758. The molecule has 1 saturated heterocycles. The largest absolute Gasteiger partial charge is 0.342 e. The molecule has 0 spiro atoms. The maximum absolute atomic E-state index is 12.5. The van der Waals surface area contributed by atoms with E-state index >= 15 is 0 Å². The first kappa shape index (κ1) is 22.7. The van der Waals surface area contributed by atoms with Crippen molar-refractivity contribution in [2.75, 3.05) is 13.1 Å². The first-order chi connectivity index (χ1) is 11.0. The summed E-state index contributed by atoms with van der Waals surface area (Å²) in [7, 11) is 0. The van der Waals surface area contributed by atoms with Crippen LogP contribution in [0.5, 0.6) is 0 Å². The second-order valence-electron chi connectivity index (χ2n) is 6.03. The van der Waals surface area contributed by atoms with Crippen molar-refractivity contribution in [3.63, 3.8) is 0 Å². The minimum Gasteiger partial charge on any atom is -0.342 e. The molecular formula is C16H22Cl3N3OS2. The lowest BCUT2D eigenvalue weighted by molar-refractivity contribution is -0.132. The molecule has 0 aromatic carbocycles. The van der Waals surface area contributed by atoms with Gasteiger partial charge in [0.05, 0.1) is 21.3 Å². The molecule has 4 nitrogen and oxygen atoms in total. The van der Waals surface area contributed by atoms with E-state index in [1.807, 2.05) is 29.3 Å². The first-order valence-corrected chi connectivity index (χ1v) is 9.84. The highest BCUT2D eigenvalue weighted by atomic mass is 35.5. The number of carbonyl (C=O) groups excluding carboxylic acids is 1. The van der Waals surface area contributed by atoms with E-state index in [2.05, 4.69) is 4.98 Å². The maximum Gasteiger partial charge on any atom is 0.228 e. The van der Waals surface area contributed by atoms with Gasteiger partial charge in [-0.2, -0.15) is 0 Å². The Kier molecular flexibility index (Phi) is 9.15. The molecule has 2 N–H and O–H groups in total. The van der Waals surface area contributed by atoms with Crippen LogP contribution in [0.25, 0.3) is 9.88 Å². The highest BCUT2D eigenvalue weighted by Crippen LogP contribution is 2.33. The van der Waals surface area contributed by atoms with Crippen molar-refractivity contribution in [1.29, 1.82) is 0 Å². The molecule has 2 atom stereocenters. The predicted octanol–water partition coefficient (Wildman–Crippen LogP) is 4.50. The number of nitrogens with two attached hydrogens (primary N) is 1. The summed E-state index contributed by atoms with van der Waals surface area (Å²) in [6.07, 6.45) is 2.51. The van der Waals surface area contributed by atoms with Gasteiger partial charge in [-0.1, -0.05) is 11.6 Å². The van der Waals surface area contributed by atoms with Crippen LogP contribution in [0, 0.1) is 5.92 Å². The lowest BCUT2D eigenvalue weighted by atomic mass is 9.92. The minimum absolute atomic E-state index is 0. The van der Waals surface area contributed by atoms with Crippen molar-refractivity contribution in [3.8, 4) is 9.88 Å². The van der Waals surface area contributed by atoms with Crippen LogP contribution in [0.3, 0.4) is 0 Å². The number of halogens is 3. The number of aromatic nitrogens is 1. The Labute approximate surface area is 173 Å². The number of hydrogen-bond donors (Lipinski definition) is 1. The van der Waals surface area contributed by atoms with E-state index in [-0.39, 0.29) is 36.8 Å². The molecule has 0 aliphatic carbocycles. The third kappa shape index (κ3) is 5.81. The van der Waals surface area contributed by atoms with Crippen molar-refractivity contribution >= 4 is 65.0 Å². The summed E-state index contributed by atoms with van der Waals surface area (Å²) in [5.74, 6) is 0.559. The lowest BCUT2D eigenvalue weighted by Gasteiger charge is -2.34. The second-order valence-corrected chi connectivity index (χ2v) is 8.60. The summed E-state index contributed by atoms with van der Waals surface area (Å²) in [6, 6.07) is 3.98. The van der Waals surface area contributed by atoms with Crippen LogP contribution < -0.4 is 5.73 Å². The Morgan fingerprint density at radius 2 is 2.24 bits per heavy atom. The zero-order chi connectivity index (χ0) is 16.4. The van der Waals surface area contributed by atoms with Crippen molar-refractivity contribution in [2.45, 2.75) is 32.2 Å². The fourth-order valence-corrected chi connectivity index (χ4v) is 4.80. The molecule has 3 heterocycles. The summed E-state index contributed by atoms with van der Waals surface area (Å²) in [4.78, 5) is 20.1. The number of nitrogens with zero attached hydrogens (tertiary/aromatic N) is 2. The van der Waals surface area contributed by atoms with Gasteiger partial charge in [-0.05, 0) is 37.8 Å². The Hall–Kier alpha value is -0.370. The van der Waals surface area contributed by atoms with Crippen molar-refractivity contribution in [2.24, 2.45) is 11.7 Å². The van der Waals surface area contributed by atoms with Crippen LogP contribution in [0.15, 0.2) is 17.5 Å². The first-order valence-electron chi connectivity index (χ1n) is 7.76. The van der Waals surface area contributed by atoms with Crippen molar-refractivity contribution < 1.29 is 4.79 Å². The summed E-state index contributed by atoms with van der Waals surface area (Å²) >= 11 is 9.04. The molecule has 0 radical (unpaired) electrons. The predicted molar refractivity (Wildman–Crippen MR) is 112 cm³/mol. The molecule has 0 saturated carbocycles. The molecule has 1 aliphatic rings. The van der Waals surface area contributed by atoms with Gasteiger partial charge in [0.15, 0.2) is 0 Å². The SMILES string of the molecule is CC(N)C1CCCN(C(=O)Cc2csc(-c3ccc(Cl)s3)n2)C1.Cl.Cl. The third-order valence-electron chi connectivity index (χ3n) is 4.22. The summed E-state index contributed by atoms with van der Waals surface area (Å²) in [5, 5.41) is 2.89. The van der Waals surface area contributed by atoms with E-state index in [1.54, 1.807) is 11.3 Å². The number of thiophene rings is 1. The van der Waals surface area contributed by atoms with E-state index in [9.17, 15) is 4.79 Å². The Morgan fingerprint density at radius 1 is 1.48 bits per heavy atom. The molecule has 140 valence electrons. The average molecular weight is 443 g/mol. The number of thiazole rings is 1. The molecule has 1 amide bonds. The van der Waals surface area contributed by atoms with Crippen LogP contribution in [0.2, 0.25) is 4.34 Å². The monoisotopic (exact) mass is 441 g/mol. The number of hydrogen-bond acceptors (Lipinski definition) is 5. The van der Waals surface area contributed by atoms with Gasteiger partial charge in [0, 0.05) is 24.5 Å². The molecule has 3 rings (SSSR count). The molecule has 1 fully saturated rings. The number of carbonyl (C=O) groups is 1. The van der Waals surface area contributed by atoms with Crippen molar-refractivity contribution in [1.82, 2.24) is 9.88 Å². The second kappa shape index (κ2) is 10.1. The van der Waals surface area contributed by atoms with Gasteiger partial charge in [-0.15, -0.1) is 47.5 Å². The van der Waals surface area contributed by atoms with Crippen LogP contribution >= 0.6 is 59.1 Å². The van der Waals surface area contributed by atoms with E-state index in [1.165, 1.54) is 11.3 Å². The number of likely N-dealkylation sites (tertiary alicyclic amines) is 1. The third-order valence-corrected chi connectivity index (χ3v) is 6.51. The number of amides is 1. The summed E-state index contributed by atoms with van der Waals surface area (Å²) in [6.45, 7) is 3.63. The smallest absolute Gasteiger partial charge is 0.228 e. The molecule has 2 unspecified atom stereocenters. The summed E-state index contributed by atoms with van der Waals surface area (Å²) in [5.41, 5.74) is 6.83. The molecule has 2 aromatic heterocycles. The highest BCUT2D eigenvalue weighted by Gasteiger charge is 2.26. The normalized spacial score (nSPS) is 18.2. The Morgan fingerprint density at radius 3 is 2.88 bits per heavy atom. The van der Waals surface area contributed by atoms with Crippen LogP contribution in [0.4, 0.5) is 0 Å². The molecule has 1 aliphatic heterocycles. The molecule has 25 heavy (non-hydrogen) atoms. The molecule has 0 bridgehead atoms. The number of piperidine rings is 1. The Balaban J connectivity index is 0.00000156. The summed E-state index contributed by atoms with van der Waals surface area (Å²) < 4.78 is 0.753. The van der Waals surface area contributed by atoms with Gasteiger partial charge in [0.1, 0.15) is 5.01 Å². The average Bonchev–Trinajstić information content (AvgIpc) is 3.16. The molecular weight excluding hydrogens is 421 g/mol.